The molecule has 0 fully saturated rings. The molecule has 2 heterocycles. The summed E-state index contributed by atoms with van der Waals surface area (Å²) >= 11 is 0. The maximum atomic E-state index is 10.7. The number of aryl methyl sites for hydroxylation is 2. The molecule has 0 aliphatic carbocycles. The number of nitrogens with one attached hydrogen (secondary N) is 1. The van der Waals surface area contributed by atoms with E-state index in [2.05, 4.69) is 34.3 Å². The molecule has 5 nitrogen and oxygen atoms in total. The third-order valence-electron chi connectivity index (χ3n) is 4.07. The topological polar surface area (TPSA) is 70.9 Å². The summed E-state index contributed by atoms with van der Waals surface area (Å²) in [5.74, 6) is -0.799. The normalized spacial score (nSPS) is 11.2. The summed E-state index contributed by atoms with van der Waals surface area (Å²) in [6, 6.07) is 8.45. The molecular formula is C17H19N3O2. The van der Waals surface area contributed by atoms with Gasteiger partial charge in [0.1, 0.15) is 0 Å². The maximum Gasteiger partial charge on any atom is 0.305 e. The van der Waals surface area contributed by atoms with Crippen molar-refractivity contribution in [1.29, 1.82) is 0 Å². The Kier molecular flexibility index (Phi) is 3.71. The zero-order valence-corrected chi connectivity index (χ0v) is 12.8. The molecule has 0 bridgehead atoms. The summed E-state index contributed by atoms with van der Waals surface area (Å²) in [5, 5.41) is 14.5. The summed E-state index contributed by atoms with van der Waals surface area (Å²) in [7, 11) is 0. The van der Waals surface area contributed by atoms with E-state index in [1.807, 2.05) is 20.0 Å². The first-order chi connectivity index (χ1) is 10.5. The molecule has 5 heteroatoms. The first-order valence-electron chi connectivity index (χ1n) is 7.35. The van der Waals surface area contributed by atoms with Gasteiger partial charge in [0.25, 0.3) is 0 Å². The molecule has 0 saturated heterocycles. The number of carboxylic acid groups (broad SMARTS) is 1. The van der Waals surface area contributed by atoms with Gasteiger partial charge >= 0.3 is 5.97 Å². The van der Waals surface area contributed by atoms with Gasteiger partial charge in [-0.1, -0.05) is 6.07 Å². The van der Waals surface area contributed by atoms with Crippen LogP contribution >= 0.6 is 0 Å². The second-order valence-corrected chi connectivity index (χ2v) is 5.59. The summed E-state index contributed by atoms with van der Waals surface area (Å²) in [5.41, 5.74) is 5.57. The Morgan fingerprint density at radius 2 is 2.14 bits per heavy atom. The van der Waals surface area contributed by atoms with E-state index in [9.17, 15) is 4.79 Å². The highest BCUT2D eigenvalue weighted by atomic mass is 16.4. The van der Waals surface area contributed by atoms with E-state index in [1.165, 1.54) is 16.5 Å². The number of aromatic amines is 1. The lowest BCUT2D eigenvalue weighted by Crippen LogP contribution is -2.07. The predicted octanol–water partition coefficient (Wildman–Crippen LogP) is 3.05. The summed E-state index contributed by atoms with van der Waals surface area (Å²) < 4.78 is 1.80. The molecule has 2 N–H and O–H groups in total. The fourth-order valence-corrected chi connectivity index (χ4v) is 2.83. The Hall–Kier alpha value is -2.56. The highest BCUT2D eigenvalue weighted by Crippen LogP contribution is 2.21. The molecule has 0 spiro atoms. The number of rotatable bonds is 5. The summed E-state index contributed by atoms with van der Waals surface area (Å²) in [6.07, 6.45) is 2.84. The average molecular weight is 297 g/mol. The number of carbonyl (C=O) groups is 1. The third-order valence-corrected chi connectivity index (χ3v) is 4.07. The molecule has 0 aliphatic rings. The van der Waals surface area contributed by atoms with Crippen LogP contribution in [0.4, 0.5) is 0 Å². The van der Waals surface area contributed by atoms with E-state index in [1.54, 1.807) is 4.68 Å². The van der Waals surface area contributed by atoms with Crippen LogP contribution in [0, 0.1) is 13.8 Å². The lowest BCUT2D eigenvalue weighted by atomic mass is 10.0. The molecule has 0 saturated carbocycles. The Bertz CT molecular complexity index is 830. The lowest BCUT2D eigenvalue weighted by molar-refractivity contribution is -0.137. The van der Waals surface area contributed by atoms with Gasteiger partial charge < -0.3 is 10.1 Å². The van der Waals surface area contributed by atoms with Crippen LogP contribution in [0.15, 0.2) is 30.5 Å². The van der Waals surface area contributed by atoms with Crippen molar-refractivity contribution in [2.75, 3.05) is 0 Å². The second kappa shape index (κ2) is 5.67. The van der Waals surface area contributed by atoms with Crippen molar-refractivity contribution in [3.63, 3.8) is 0 Å². The molecule has 2 aromatic heterocycles. The Balaban J connectivity index is 1.86. The maximum absolute atomic E-state index is 10.7. The van der Waals surface area contributed by atoms with E-state index in [0.717, 1.165) is 23.3 Å². The summed E-state index contributed by atoms with van der Waals surface area (Å²) in [4.78, 5) is 13.9. The van der Waals surface area contributed by atoms with E-state index >= 15 is 0 Å². The number of carboxylic acids is 1. The number of H-pyrrole nitrogens is 1. The van der Waals surface area contributed by atoms with Crippen molar-refractivity contribution in [1.82, 2.24) is 14.8 Å². The largest absolute Gasteiger partial charge is 0.481 e. The number of hydrogen-bond donors (Lipinski definition) is 2. The van der Waals surface area contributed by atoms with Crippen LogP contribution in [0.25, 0.3) is 10.9 Å². The zero-order chi connectivity index (χ0) is 15.7. The van der Waals surface area contributed by atoms with E-state index in [0.29, 0.717) is 6.54 Å². The molecule has 0 radical (unpaired) electrons. The first-order valence-corrected chi connectivity index (χ1v) is 7.35. The quantitative estimate of drug-likeness (QED) is 0.760. The molecule has 0 amide bonds. The third kappa shape index (κ3) is 2.74. The number of aromatic nitrogens is 3. The van der Waals surface area contributed by atoms with Crippen molar-refractivity contribution in [2.45, 2.75) is 33.2 Å². The fourth-order valence-electron chi connectivity index (χ4n) is 2.83. The SMILES string of the molecule is Cc1nn(CCC(=O)O)c(C)c1Cc1ccc2[nH]ccc2c1. The van der Waals surface area contributed by atoms with Crippen molar-refractivity contribution in [3.8, 4) is 0 Å². The van der Waals surface area contributed by atoms with Gasteiger partial charge in [-0.15, -0.1) is 0 Å². The lowest BCUT2D eigenvalue weighted by Gasteiger charge is -2.05. The number of aliphatic carboxylic acids is 1. The summed E-state index contributed by atoms with van der Waals surface area (Å²) in [6.45, 7) is 4.40. The van der Waals surface area contributed by atoms with Crippen LogP contribution in [-0.4, -0.2) is 25.8 Å². The van der Waals surface area contributed by atoms with Crippen molar-refractivity contribution < 1.29 is 9.90 Å². The van der Waals surface area contributed by atoms with Gasteiger partial charge in [-0.05, 0) is 43.0 Å². The highest BCUT2D eigenvalue weighted by Gasteiger charge is 2.13. The second-order valence-electron chi connectivity index (χ2n) is 5.59. The minimum absolute atomic E-state index is 0.0940. The van der Waals surface area contributed by atoms with E-state index < -0.39 is 5.97 Å². The first kappa shape index (κ1) is 14.4. The van der Waals surface area contributed by atoms with Crippen LogP contribution in [0.1, 0.15) is 28.9 Å². The molecule has 3 aromatic rings. The number of nitrogens with zero attached hydrogens (tertiary/aromatic N) is 2. The van der Waals surface area contributed by atoms with Gasteiger partial charge in [0.05, 0.1) is 18.7 Å². The monoisotopic (exact) mass is 297 g/mol. The predicted molar refractivity (Wildman–Crippen MR) is 85.1 cm³/mol. The van der Waals surface area contributed by atoms with Gasteiger partial charge in [-0.25, -0.2) is 0 Å². The molecule has 22 heavy (non-hydrogen) atoms. The molecular weight excluding hydrogens is 278 g/mol. The van der Waals surface area contributed by atoms with Gasteiger partial charge in [0.2, 0.25) is 0 Å². The van der Waals surface area contributed by atoms with Gasteiger partial charge in [0.15, 0.2) is 0 Å². The number of fused-ring (bicyclic) bond motifs is 1. The van der Waals surface area contributed by atoms with E-state index in [-0.39, 0.29) is 6.42 Å². The minimum atomic E-state index is -0.799. The number of benzene rings is 1. The number of hydrogen-bond acceptors (Lipinski definition) is 2. The Morgan fingerprint density at radius 3 is 2.91 bits per heavy atom. The Labute approximate surface area is 128 Å². The van der Waals surface area contributed by atoms with Gasteiger partial charge in [0, 0.05) is 29.4 Å². The van der Waals surface area contributed by atoms with Crippen LogP contribution in [0.5, 0.6) is 0 Å². The van der Waals surface area contributed by atoms with Gasteiger partial charge in [-0.3, -0.25) is 9.48 Å². The fraction of sp³-hybridized carbons (Fsp3) is 0.294. The molecule has 0 aliphatic heterocycles. The minimum Gasteiger partial charge on any atom is -0.481 e. The average Bonchev–Trinajstić information content (AvgIpc) is 3.04. The zero-order valence-electron chi connectivity index (χ0n) is 12.8. The van der Waals surface area contributed by atoms with Crippen molar-refractivity contribution >= 4 is 16.9 Å². The van der Waals surface area contributed by atoms with Crippen molar-refractivity contribution in [2.24, 2.45) is 0 Å². The smallest absolute Gasteiger partial charge is 0.305 e. The van der Waals surface area contributed by atoms with Crippen LogP contribution in [-0.2, 0) is 17.8 Å². The standard InChI is InChI=1S/C17H19N3O2/c1-11-15(12(2)20(19-11)8-6-17(21)22)10-13-3-4-16-14(9-13)5-7-18-16/h3-5,7,9,18H,6,8,10H2,1-2H3,(H,21,22). The molecule has 0 unspecified atom stereocenters. The van der Waals surface area contributed by atoms with Crippen LogP contribution in [0.2, 0.25) is 0 Å². The van der Waals surface area contributed by atoms with Crippen molar-refractivity contribution in [3.05, 3.63) is 53.0 Å². The van der Waals surface area contributed by atoms with Gasteiger partial charge in [-0.2, -0.15) is 5.10 Å². The molecule has 0 atom stereocenters. The molecule has 3 rings (SSSR count). The van der Waals surface area contributed by atoms with E-state index in [4.69, 9.17) is 5.11 Å². The molecule has 1 aromatic carbocycles. The Morgan fingerprint density at radius 1 is 1.32 bits per heavy atom. The van der Waals surface area contributed by atoms with Crippen LogP contribution in [0.3, 0.4) is 0 Å². The highest BCUT2D eigenvalue weighted by molar-refractivity contribution is 5.80. The van der Waals surface area contributed by atoms with Crippen LogP contribution < -0.4 is 0 Å². The molecule has 114 valence electrons.